The van der Waals surface area contributed by atoms with Crippen LogP contribution in [0, 0.1) is 16.0 Å². The monoisotopic (exact) mass is 327 g/mol. The Hall–Kier alpha value is -1.86. The summed E-state index contributed by atoms with van der Waals surface area (Å²) < 4.78 is 10.9. The molecule has 120 valence electrons. The van der Waals surface area contributed by atoms with Gasteiger partial charge in [-0.15, -0.1) is 12.4 Å². The zero-order chi connectivity index (χ0) is 14.7. The van der Waals surface area contributed by atoms with E-state index in [1.54, 1.807) is 6.07 Å². The minimum Gasteiger partial charge on any atom is -0.450 e. The number of nitro benzene ring substituents is 1. The number of nitrogens with zero attached hydrogens (tertiary/aromatic N) is 2. The third kappa shape index (κ3) is 3.86. The second-order valence-electron chi connectivity index (χ2n) is 5.22. The molecule has 0 radical (unpaired) electrons. The van der Waals surface area contributed by atoms with E-state index in [9.17, 15) is 10.1 Å². The molecule has 0 atom stereocenters. The zero-order valence-electron chi connectivity index (χ0n) is 12.0. The Bertz CT molecular complexity index is 640. The van der Waals surface area contributed by atoms with E-state index >= 15 is 0 Å². The first-order chi connectivity index (χ1) is 10.2. The zero-order valence-corrected chi connectivity index (χ0v) is 12.8. The molecule has 0 bridgehead atoms. The number of piperidine rings is 1. The minimum atomic E-state index is -0.453. The maximum absolute atomic E-state index is 10.7. The standard InChI is InChI=1S/C14H17N3O4.ClH/c18-17(19)11-1-2-13-12(9-11)16-14(21-13)20-8-5-10-3-6-15-7-4-10;/h1-2,9-10,15H,3-8H2;1H. The van der Waals surface area contributed by atoms with Crippen LogP contribution < -0.4 is 10.1 Å². The fraction of sp³-hybridized carbons (Fsp3) is 0.500. The van der Waals surface area contributed by atoms with Crippen LogP contribution in [0.15, 0.2) is 22.6 Å². The quantitative estimate of drug-likeness (QED) is 0.670. The second kappa shape index (κ2) is 7.42. The van der Waals surface area contributed by atoms with Gasteiger partial charge in [0.2, 0.25) is 0 Å². The van der Waals surface area contributed by atoms with Gasteiger partial charge in [-0.2, -0.15) is 4.98 Å². The molecule has 0 amide bonds. The van der Waals surface area contributed by atoms with E-state index in [0.29, 0.717) is 23.6 Å². The number of ether oxygens (including phenoxy) is 1. The molecule has 7 nitrogen and oxygen atoms in total. The van der Waals surface area contributed by atoms with Crippen molar-refractivity contribution >= 4 is 29.2 Å². The predicted octanol–water partition coefficient (Wildman–Crippen LogP) is 2.93. The highest BCUT2D eigenvalue weighted by Crippen LogP contribution is 2.25. The van der Waals surface area contributed by atoms with Crippen LogP contribution >= 0.6 is 12.4 Å². The van der Waals surface area contributed by atoms with E-state index in [-0.39, 0.29) is 24.2 Å². The van der Waals surface area contributed by atoms with Gasteiger partial charge in [0.15, 0.2) is 5.58 Å². The maximum Gasteiger partial charge on any atom is 0.394 e. The van der Waals surface area contributed by atoms with E-state index in [1.165, 1.54) is 25.0 Å². The number of nitrogens with one attached hydrogen (secondary N) is 1. The molecule has 1 aromatic heterocycles. The van der Waals surface area contributed by atoms with Gasteiger partial charge in [0.25, 0.3) is 5.69 Å². The van der Waals surface area contributed by atoms with Crippen LogP contribution in [0.2, 0.25) is 0 Å². The van der Waals surface area contributed by atoms with Crippen LogP contribution in [0.3, 0.4) is 0 Å². The van der Waals surface area contributed by atoms with E-state index in [0.717, 1.165) is 19.5 Å². The Balaban J connectivity index is 0.00000176. The van der Waals surface area contributed by atoms with Crippen molar-refractivity contribution in [3.63, 3.8) is 0 Å². The van der Waals surface area contributed by atoms with E-state index in [1.807, 2.05) is 0 Å². The lowest BCUT2D eigenvalue weighted by molar-refractivity contribution is -0.384. The first kappa shape index (κ1) is 16.5. The van der Waals surface area contributed by atoms with Crippen LogP contribution in [-0.4, -0.2) is 29.6 Å². The highest BCUT2D eigenvalue weighted by molar-refractivity contribution is 5.85. The largest absolute Gasteiger partial charge is 0.450 e. The summed E-state index contributed by atoms with van der Waals surface area (Å²) in [5.41, 5.74) is 0.940. The third-order valence-corrected chi connectivity index (χ3v) is 3.77. The first-order valence-electron chi connectivity index (χ1n) is 7.11. The van der Waals surface area contributed by atoms with Gasteiger partial charge in [0, 0.05) is 12.1 Å². The summed E-state index contributed by atoms with van der Waals surface area (Å²) in [7, 11) is 0. The Morgan fingerprint density at radius 3 is 2.91 bits per heavy atom. The van der Waals surface area contributed by atoms with Crippen LogP contribution in [0.5, 0.6) is 6.08 Å². The number of hydrogen-bond acceptors (Lipinski definition) is 6. The molecular formula is C14H18ClN3O4. The van der Waals surface area contributed by atoms with Crippen LogP contribution in [-0.2, 0) is 0 Å². The lowest BCUT2D eigenvalue weighted by atomic mass is 9.95. The summed E-state index contributed by atoms with van der Waals surface area (Å²) in [5, 5.41) is 14.0. The van der Waals surface area contributed by atoms with Gasteiger partial charge in [-0.1, -0.05) is 0 Å². The molecule has 1 N–H and O–H groups in total. The maximum atomic E-state index is 10.7. The summed E-state index contributed by atoms with van der Waals surface area (Å²) in [4.78, 5) is 14.4. The summed E-state index contributed by atoms with van der Waals surface area (Å²) >= 11 is 0. The van der Waals surface area contributed by atoms with E-state index < -0.39 is 4.92 Å². The molecule has 1 aliphatic rings. The highest BCUT2D eigenvalue weighted by atomic mass is 35.5. The number of rotatable bonds is 5. The number of aromatic nitrogens is 1. The predicted molar refractivity (Wildman–Crippen MR) is 83.6 cm³/mol. The molecule has 0 unspecified atom stereocenters. The molecule has 22 heavy (non-hydrogen) atoms. The number of halogens is 1. The van der Waals surface area contributed by atoms with E-state index in [4.69, 9.17) is 9.15 Å². The van der Waals surface area contributed by atoms with Crippen LogP contribution in [0.1, 0.15) is 19.3 Å². The van der Waals surface area contributed by atoms with Gasteiger partial charge in [-0.3, -0.25) is 10.1 Å². The minimum absolute atomic E-state index is 0. The van der Waals surface area contributed by atoms with Crippen molar-refractivity contribution in [3.8, 4) is 6.08 Å². The van der Waals surface area contributed by atoms with Gasteiger partial charge in [0.1, 0.15) is 5.52 Å². The molecule has 3 rings (SSSR count). The third-order valence-electron chi connectivity index (χ3n) is 3.77. The molecule has 0 spiro atoms. The fourth-order valence-corrected chi connectivity index (χ4v) is 2.55. The Kier molecular flexibility index (Phi) is 5.57. The molecule has 2 heterocycles. The van der Waals surface area contributed by atoms with Crippen molar-refractivity contribution < 1.29 is 14.1 Å². The number of hydrogen-bond donors (Lipinski definition) is 1. The highest BCUT2D eigenvalue weighted by Gasteiger charge is 2.15. The number of non-ortho nitro benzene ring substituents is 1. The smallest absolute Gasteiger partial charge is 0.394 e. The molecule has 1 aliphatic heterocycles. The lowest BCUT2D eigenvalue weighted by Crippen LogP contribution is -2.28. The molecule has 8 heteroatoms. The SMILES string of the molecule is Cl.O=[N+]([O-])c1ccc2oc(OCCC3CCNCC3)nc2c1. The molecular weight excluding hydrogens is 310 g/mol. The lowest BCUT2D eigenvalue weighted by Gasteiger charge is -2.21. The average molecular weight is 328 g/mol. The van der Waals surface area contributed by atoms with Gasteiger partial charge < -0.3 is 14.5 Å². The molecule has 0 aliphatic carbocycles. The molecule has 1 fully saturated rings. The van der Waals surface area contributed by atoms with Gasteiger partial charge in [-0.25, -0.2) is 0 Å². The van der Waals surface area contributed by atoms with Gasteiger partial charge in [0.05, 0.1) is 11.5 Å². The van der Waals surface area contributed by atoms with Gasteiger partial charge in [-0.05, 0) is 44.3 Å². The number of oxazole rings is 1. The van der Waals surface area contributed by atoms with Crippen molar-refractivity contribution in [3.05, 3.63) is 28.3 Å². The second-order valence-corrected chi connectivity index (χ2v) is 5.22. The topological polar surface area (TPSA) is 90.4 Å². The van der Waals surface area contributed by atoms with Crippen LogP contribution in [0.4, 0.5) is 5.69 Å². The summed E-state index contributed by atoms with van der Waals surface area (Å²) in [6.45, 7) is 2.69. The van der Waals surface area contributed by atoms with E-state index in [2.05, 4.69) is 10.3 Å². The number of fused-ring (bicyclic) bond motifs is 1. The van der Waals surface area contributed by atoms with Crippen molar-refractivity contribution in [2.24, 2.45) is 5.92 Å². The molecule has 2 aromatic rings. The van der Waals surface area contributed by atoms with Crippen molar-refractivity contribution in [1.29, 1.82) is 0 Å². The van der Waals surface area contributed by atoms with Crippen molar-refractivity contribution in [1.82, 2.24) is 10.3 Å². The number of nitro groups is 1. The van der Waals surface area contributed by atoms with Crippen molar-refractivity contribution in [2.45, 2.75) is 19.3 Å². The number of benzene rings is 1. The molecule has 1 saturated heterocycles. The molecule has 1 aromatic carbocycles. The Morgan fingerprint density at radius 1 is 1.41 bits per heavy atom. The average Bonchev–Trinajstić information content (AvgIpc) is 2.90. The summed E-state index contributed by atoms with van der Waals surface area (Å²) in [6, 6.07) is 4.32. The van der Waals surface area contributed by atoms with Gasteiger partial charge >= 0.3 is 6.08 Å². The normalized spacial score (nSPS) is 15.5. The summed E-state index contributed by atoms with van der Waals surface area (Å²) in [5.74, 6) is 0.678. The first-order valence-corrected chi connectivity index (χ1v) is 7.11. The Labute approximate surface area is 133 Å². The summed E-state index contributed by atoms with van der Waals surface area (Å²) in [6.07, 6.45) is 3.49. The van der Waals surface area contributed by atoms with Crippen molar-refractivity contribution in [2.75, 3.05) is 19.7 Å². The fourth-order valence-electron chi connectivity index (χ4n) is 2.55. The van der Waals surface area contributed by atoms with Crippen LogP contribution in [0.25, 0.3) is 11.1 Å². The Morgan fingerprint density at radius 2 is 2.18 bits per heavy atom. The molecule has 0 saturated carbocycles.